The smallest absolute Gasteiger partial charge is 0.141 e. The van der Waals surface area contributed by atoms with E-state index in [0.29, 0.717) is 13.0 Å². The van der Waals surface area contributed by atoms with Crippen LogP contribution >= 0.6 is 11.6 Å². The maximum atomic E-state index is 13.1. The van der Waals surface area contributed by atoms with Gasteiger partial charge < -0.3 is 4.74 Å². The van der Waals surface area contributed by atoms with E-state index in [0.717, 1.165) is 11.3 Å². The topological polar surface area (TPSA) is 47.3 Å². The van der Waals surface area contributed by atoms with Crippen molar-refractivity contribution in [3.8, 4) is 5.75 Å². The molecule has 0 saturated heterocycles. The summed E-state index contributed by atoms with van der Waals surface area (Å²) < 4.78 is 18.7. The molecule has 2 aromatic rings. The van der Waals surface area contributed by atoms with E-state index in [9.17, 15) is 4.39 Å². The van der Waals surface area contributed by atoms with Crippen LogP contribution in [-0.4, -0.2) is 12.6 Å². The van der Waals surface area contributed by atoms with E-state index >= 15 is 0 Å². The molecule has 2 aromatic carbocycles. The molecule has 0 bridgehead atoms. The maximum Gasteiger partial charge on any atom is 0.141 e. The second kappa shape index (κ2) is 7.24. The van der Waals surface area contributed by atoms with Crippen molar-refractivity contribution in [2.45, 2.75) is 12.5 Å². The van der Waals surface area contributed by atoms with Gasteiger partial charge in [-0.15, -0.1) is 0 Å². The van der Waals surface area contributed by atoms with E-state index in [1.807, 2.05) is 30.3 Å². The molecule has 0 radical (unpaired) electrons. The zero-order valence-electron chi connectivity index (χ0n) is 10.9. The van der Waals surface area contributed by atoms with Crippen molar-refractivity contribution in [1.29, 1.82) is 0 Å². The summed E-state index contributed by atoms with van der Waals surface area (Å²) in [5, 5.41) is 0.113. The molecular formula is C15H16ClFN2O. The number of nitrogens with one attached hydrogen (secondary N) is 1. The third kappa shape index (κ3) is 4.20. The summed E-state index contributed by atoms with van der Waals surface area (Å²) in [6.45, 7) is 0.412. The largest absolute Gasteiger partial charge is 0.492 e. The summed E-state index contributed by atoms with van der Waals surface area (Å²) in [6.07, 6.45) is 0.601. The number of hydrogen-bond acceptors (Lipinski definition) is 3. The van der Waals surface area contributed by atoms with Gasteiger partial charge in [-0.1, -0.05) is 35.9 Å². The summed E-state index contributed by atoms with van der Waals surface area (Å²) in [5.41, 5.74) is 3.59. The number of nitrogens with two attached hydrogens (primary N) is 1. The fraction of sp³-hybridized carbons (Fsp3) is 0.200. The monoisotopic (exact) mass is 294 g/mol. The Bertz CT molecular complexity index is 551. The first-order valence-electron chi connectivity index (χ1n) is 6.27. The van der Waals surface area contributed by atoms with Gasteiger partial charge >= 0.3 is 0 Å². The molecule has 0 spiro atoms. The average molecular weight is 295 g/mol. The molecule has 20 heavy (non-hydrogen) atoms. The summed E-state index contributed by atoms with van der Waals surface area (Å²) in [5.74, 6) is 5.88. The molecule has 0 aromatic heterocycles. The quantitative estimate of drug-likeness (QED) is 0.636. The fourth-order valence-electron chi connectivity index (χ4n) is 1.83. The van der Waals surface area contributed by atoms with E-state index in [4.69, 9.17) is 22.2 Å². The fourth-order valence-corrected chi connectivity index (χ4v) is 2.03. The molecule has 3 nitrogen and oxygen atoms in total. The Morgan fingerprint density at radius 3 is 2.60 bits per heavy atom. The Kier molecular flexibility index (Phi) is 5.35. The Hall–Kier alpha value is -1.62. The molecule has 1 atom stereocenters. The number of halogens is 2. The second-order valence-corrected chi connectivity index (χ2v) is 4.85. The van der Waals surface area contributed by atoms with Crippen LogP contribution in [0.1, 0.15) is 5.56 Å². The highest BCUT2D eigenvalue weighted by Crippen LogP contribution is 2.17. The van der Waals surface area contributed by atoms with Crippen LogP contribution in [0.5, 0.6) is 5.75 Å². The Morgan fingerprint density at radius 1 is 1.20 bits per heavy atom. The first kappa shape index (κ1) is 14.8. The van der Waals surface area contributed by atoms with Crippen molar-refractivity contribution in [2.75, 3.05) is 6.61 Å². The van der Waals surface area contributed by atoms with Crippen molar-refractivity contribution < 1.29 is 9.13 Å². The number of ether oxygens (including phenoxy) is 1. The predicted octanol–water partition coefficient (Wildman–Crippen LogP) is 2.93. The molecule has 0 aliphatic carbocycles. The third-order valence-electron chi connectivity index (χ3n) is 2.90. The van der Waals surface area contributed by atoms with Crippen LogP contribution in [0, 0.1) is 5.82 Å². The lowest BCUT2D eigenvalue weighted by atomic mass is 10.1. The minimum atomic E-state index is -0.423. The molecule has 0 aliphatic heterocycles. The Balaban J connectivity index is 1.93. The molecule has 0 heterocycles. The number of hydrogen-bond donors (Lipinski definition) is 2. The highest BCUT2D eigenvalue weighted by molar-refractivity contribution is 6.30. The highest BCUT2D eigenvalue weighted by Gasteiger charge is 2.10. The van der Waals surface area contributed by atoms with Crippen LogP contribution in [-0.2, 0) is 6.42 Å². The van der Waals surface area contributed by atoms with Gasteiger partial charge in [-0.3, -0.25) is 11.3 Å². The molecule has 106 valence electrons. The summed E-state index contributed by atoms with van der Waals surface area (Å²) in [6, 6.07) is 14.0. The van der Waals surface area contributed by atoms with E-state index < -0.39 is 5.82 Å². The molecule has 0 saturated carbocycles. The molecule has 1 unspecified atom stereocenters. The predicted molar refractivity (Wildman–Crippen MR) is 78.2 cm³/mol. The first-order chi connectivity index (χ1) is 9.69. The lowest BCUT2D eigenvalue weighted by molar-refractivity contribution is 0.264. The Morgan fingerprint density at radius 2 is 1.95 bits per heavy atom. The zero-order chi connectivity index (χ0) is 14.4. The normalized spacial score (nSPS) is 12.2. The minimum Gasteiger partial charge on any atom is -0.492 e. The summed E-state index contributed by atoms with van der Waals surface area (Å²) >= 11 is 5.76. The molecule has 3 N–H and O–H groups in total. The van der Waals surface area contributed by atoms with E-state index in [1.54, 1.807) is 12.1 Å². The number of hydrazine groups is 1. The highest BCUT2D eigenvalue weighted by atomic mass is 35.5. The molecule has 2 rings (SSSR count). The van der Waals surface area contributed by atoms with Crippen LogP contribution < -0.4 is 16.0 Å². The van der Waals surface area contributed by atoms with Gasteiger partial charge in [0.2, 0.25) is 0 Å². The first-order valence-corrected chi connectivity index (χ1v) is 6.64. The number of para-hydroxylation sites is 1. The van der Waals surface area contributed by atoms with Crippen molar-refractivity contribution in [3.63, 3.8) is 0 Å². The zero-order valence-corrected chi connectivity index (χ0v) is 11.6. The van der Waals surface area contributed by atoms with Crippen LogP contribution in [0.2, 0.25) is 5.02 Å². The molecule has 0 fully saturated rings. The van der Waals surface area contributed by atoms with Crippen molar-refractivity contribution in [1.82, 2.24) is 5.43 Å². The molecular weight excluding hydrogens is 279 g/mol. The van der Waals surface area contributed by atoms with E-state index in [2.05, 4.69) is 5.43 Å². The number of rotatable bonds is 6. The van der Waals surface area contributed by atoms with Gasteiger partial charge in [-0.25, -0.2) is 4.39 Å². The Labute approximate surface area is 122 Å². The second-order valence-electron chi connectivity index (χ2n) is 4.44. The third-order valence-corrected chi connectivity index (χ3v) is 3.19. The van der Waals surface area contributed by atoms with E-state index in [-0.39, 0.29) is 11.1 Å². The minimum absolute atomic E-state index is 0.0864. The van der Waals surface area contributed by atoms with Crippen molar-refractivity contribution in [3.05, 3.63) is 64.9 Å². The van der Waals surface area contributed by atoms with Gasteiger partial charge in [0.15, 0.2) is 0 Å². The molecule has 0 aliphatic rings. The average Bonchev–Trinajstić information content (AvgIpc) is 2.48. The van der Waals surface area contributed by atoms with Gasteiger partial charge in [0, 0.05) is 0 Å². The summed E-state index contributed by atoms with van der Waals surface area (Å²) in [7, 11) is 0. The maximum absolute atomic E-state index is 13.1. The van der Waals surface area contributed by atoms with Crippen LogP contribution in [0.15, 0.2) is 48.5 Å². The van der Waals surface area contributed by atoms with Crippen molar-refractivity contribution in [2.24, 2.45) is 5.84 Å². The van der Waals surface area contributed by atoms with Crippen LogP contribution in [0.4, 0.5) is 4.39 Å². The molecule has 0 amide bonds. The standard InChI is InChI=1S/C15H16ClFN2O/c16-14-9-11(6-7-15(14)17)8-12(19-18)10-20-13-4-2-1-3-5-13/h1-7,9,12,19H,8,10,18H2. The van der Waals surface area contributed by atoms with Gasteiger partial charge in [-0.2, -0.15) is 0 Å². The van der Waals surface area contributed by atoms with E-state index in [1.165, 1.54) is 6.07 Å². The number of benzene rings is 2. The van der Waals surface area contributed by atoms with Crippen LogP contribution in [0.3, 0.4) is 0 Å². The van der Waals surface area contributed by atoms with Gasteiger partial charge in [0.05, 0.1) is 11.1 Å². The van der Waals surface area contributed by atoms with Gasteiger partial charge in [-0.05, 0) is 36.2 Å². The summed E-state index contributed by atoms with van der Waals surface area (Å²) in [4.78, 5) is 0. The lowest BCUT2D eigenvalue weighted by Crippen LogP contribution is -2.41. The van der Waals surface area contributed by atoms with Gasteiger partial charge in [0.25, 0.3) is 0 Å². The van der Waals surface area contributed by atoms with Crippen LogP contribution in [0.25, 0.3) is 0 Å². The SMILES string of the molecule is NNC(COc1ccccc1)Cc1ccc(F)c(Cl)c1. The lowest BCUT2D eigenvalue weighted by Gasteiger charge is -2.17. The van der Waals surface area contributed by atoms with Gasteiger partial charge in [0.1, 0.15) is 18.2 Å². The van der Waals surface area contributed by atoms with Crippen molar-refractivity contribution >= 4 is 11.6 Å². The molecule has 5 heteroatoms.